The van der Waals surface area contributed by atoms with E-state index in [9.17, 15) is 4.79 Å². The Labute approximate surface area is 149 Å². The van der Waals surface area contributed by atoms with Gasteiger partial charge in [0.1, 0.15) is 12.4 Å². The van der Waals surface area contributed by atoms with Crippen molar-refractivity contribution in [1.82, 2.24) is 14.8 Å². The zero-order valence-corrected chi connectivity index (χ0v) is 14.8. The molecule has 0 unspecified atom stereocenters. The molecule has 1 aromatic carbocycles. The summed E-state index contributed by atoms with van der Waals surface area (Å²) in [4.78, 5) is 16.3. The van der Waals surface area contributed by atoms with Gasteiger partial charge in [-0.05, 0) is 30.7 Å². The largest absolute Gasteiger partial charge is 0.487 e. The fourth-order valence-electron chi connectivity index (χ4n) is 2.16. The van der Waals surface area contributed by atoms with Crippen molar-refractivity contribution in [3.8, 4) is 5.75 Å². The second-order valence-electron chi connectivity index (χ2n) is 5.42. The van der Waals surface area contributed by atoms with E-state index in [2.05, 4.69) is 15.4 Å². The average Bonchev–Trinajstić information content (AvgIpc) is 3.19. The quantitative estimate of drug-likeness (QED) is 0.689. The summed E-state index contributed by atoms with van der Waals surface area (Å²) in [6, 6.07) is 9.29. The Balaban J connectivity index is 1.57. The molecule has 0 atom stereocenters. The monoisotopic (exact) mass is 354 g/mol. The van der Waals surface area contributed by atoms with Crippen molar-refractivity contribution in [2.45, 2.75) is 13.5 Å². The molecule has 25 heavy (non-hydrogen) atoms. The first kappa shape index (κ1) is 16.9. The van der Waals surface area contributed by atoms with Crippen LogP contribution in [-0.4, -0.2) is 20.7 Å². The minimum atomic E-state index is -0.233. The van der Waals surface area contributed by atoms with Crippen LogP contribution in [0.5, 0.6) is 5.75 Å². The predicted molar refractivity (Wildman–Crippen MR) is 98.5 cm³/mol. The molecular weight excluding hydrogens is 336 g/mol. The Morgan fingerprint density at radius 2 is 2.28 bits per heavy atom. The fraction of sp³-hybridized carbons (Fsp3) is 0.167. The first-order chi connectivity index (χ1) is 12.1. The summed E-state index contributed by atoms with van der Waals surface area (Å²) in [7, 11) is 1.80. The van der Waals surface area contributed by atoms with Gasteiger partial charge in [-0.1, -0.05) is 12.1 Å². The summed E-state index contributed by atoms with van der Waals surface area (Å²) in [6.07, 6.45) is 4.97. The second-order valence-corrected chi connectivity index (χ2v) is 6.48. The van der Waals surface area contributed by atoms with Crippen molar-refractivity contribution in [1.29, 1.82) is 0 Å². The Morgan fingerprint density at radius 1 is 1.40 bits per heavy atom. The molecule has 0 saturated heterocycles. The zero-order valence-electron chi connectivity index (χ0n) is 14.0. The second kappa shape index (κ2) is 7.76. The maximum atomic E-state index is 11.9. The van der Waals surface area contributed by atoms with Gasteiger partial charge in [0.05, 0.1) is 10.7 Å². The number of carbonyl (C=O) groups excluding carboxylic acids is 1. The maximum Gasteiger partial charge on any atom is 0.249 e. The lowest BCUT2D eigenvalue weighted by atomic mass is 10.2. The van der Waals surface area contributed by atoms with Crippen LogP contribution in [0.25, 0.3) is 6.08 Å². The fourth-order valence-corrected chi connectivity index (χ4v) is 2.76. The van der Waals surface area contributed by atoms with E-state index in [1.54, 1.807) is 41.4 Å². The summed E-state index contributed by atoms with van der Waals surface area (Å²) in [5.74, 6) is 1.02. The first-order valence-electron chi connectivity index (χ1n) is 7.71. The molecule has 0 radical (unpaired) electrons. The highest BCUT2D eigenvalue weighted by Crippen LogP contribution is 2.17. The molecular formula is C18H18N4O2S. The van der Waals surface area contributed by atoms with Crippen LogP contribution in [0.2, 0.25) is 0 Å². The van der Waals surface area contributed by atoms with E-state index >= 15 is 0 Å². The number of nitrogens with one attached hydrogen (secondary N) is 1. The molecule has 0 aliphatic rings. The number of thiazole rings is 1. The van der Waals surface area contributed by atoms with E-state index in [1.165, 1.54) is 6.08 Å². The Bertz CT molecular complexity index is 898. The highest BCUT2D eigenvalue weighted by molar-refractivity contribution is 7.09. The van der Waals surface area contributed by atoms with Gasteiger partial charge < -0.3 is 10.1 Å². The minimum absolute atomic E-state index is 0.233. The van der Waals surface area contributed by atoms with Crippen LogP contribution >= 0.6 is 11.3 Å². The molecule has 128 valence electrons. The molecule has 3 aromatic rings. The Hall–Kier alpha value is -2.93. The van der Waals surface area contributed by atoms with Gasteiger partial charge in [-0.3, -0.25) is 9.48 Å². The molecule has 0 spiro atoms. The minimum Gasteiger partial charge on any atom is -0.487 e. The van der Waals surface area contributed by atoms with Gasteiger partial charge in [0, 0.05) is 30.8 Å². The Kier molecular flexibility index (Phi) is 5.25. The number of hydrogen-bond donors (Lipinski definition) is 1. The van der Waals surface area contributed by atoms with Crippen LogP contribution in [0.3, 0.4) is 0 Å². The SMILES string of the molecule is Cc1nc(COc2cccc(/C=C/C(=O)Nc3ccn(C)n3)c2)cs1. The van der Waals surface area contributed by atoms with Crippen molar-refractivity contribution < 1.29 is 9.53 Å². The number of aromatic nitrogens is 3. The summed E-state index contributed by atoms with van der Waals surface area (Å²) < 4.78 is 7.38. The van der Waals surface area contributed by atoms with Crippen LogP contribution < -0.4 is 10.1 Å². The number of rotatable bonds is 6. The number of carbonyl (C=O) groups is 1. The highest BCUT2D eigenvalue weighted by Gasteiger charge is 2.02. The number of nitrogens with zero attached hydrogens (tertiary/aromatic N) is 3. The standard InChI is InChI=1S/C18H18N4O2S/c1-13-19-15(12-25-13)11-24-16-5-3-4-14(10-16)6-7-18(23)20-17-8-9-22(2)21-17/h3-10,12H,11H2,1-2H3,(H,20,21,23)/b7-6+. The van der Waals surface area contributed by atoms with E-state index in [1.807, 2.05) is 36.6 Å². The van der Waals surface area contributed by atoms with Crippen molar-refractivity contribution in [2.75, 3.05) is 5.32 Å². The summed E-state index contributed by atoms with van der Waals surface area (Å²) >= 11 is 1.60. The maximum absolute atomic E-state index is 11.9. The lowest BCUT2D eigenvalue weighted by Gasteiger charge is -2.05. The van der Waals surface area contributed by atoms with Gasteiger partial charge >= 0.3 is 0 Å². The molecule has 1 N–H and O–H groups in total. The third kappa shape index (κ3) is 5.02. The molecule has 1 amide bonds. The molecule has 7 heteroatoms. The number of aryl methyl sites for hydroxylation is 2. The van der Waals surface area contributed by atoms with Crippen molar-refractivity contribution in [3.05, 3.63) is 64.2 Å². The van der Waals surface area contributed by atoms with Crippen LogP contribution in [0, 0.1) is 6.92 Å². The lowest BCUT2D eigenvalue weighted by molar-refractivity contribution is -0.111. The summed E-state index contributed by atoms with van der Waals surface area (Å²) in [5, 5.41) is 9.81. The lowest BCUT2D eigenvalue weighted by Crippen LogP contribution is -2.08. The highest BCUT2D eigenvalue weighted by atomic mass is 32.1. The number of ether oxygens (including phenoxy) is 1. The number of amides is 1. The molecule has 0 aliphatic carbocycles. The van der Waals surface area contributed by atoms with Crippen molar-refractivity contribution in [3.63, 3.8) is 0 Å². The van der Waals surface area contributed by atoms with E-state index in [4.69, 9.17) is 4.74 Å². The molecule has 2 aromatic heterocycles. The van der Waals surface area contributed by atoms with Gasteiger partial charge in [0.25, 0.3) is 0 Å². The van der Waals surface area contributed by atoms with Crippen LogP contribution in [-0.2, 0) is 18.4 Å². The molecule has 0 saturated carbocycles. The van der Waals surface area contributed by atoms with E-state index < -0.39 is 0 Å². The number of hydrogen-bond acceptors (Lipinski definition) is 5. The smallest absolute Gasteiger partial charge is 0.249 e. The van der Waals surface area contributed by atoms with E-state index in [0.29, 0.717) is 12.4 Å². The number of anilines is 1. The Morgan fingerprint density at radius 3 is 3.00 bits per heavy atom. The van der Waals surface area contributed by atoms with Gasteiger partial charge in [-0.25, -0.2) is 4.98 Å². The average molecular weight is 354 g/mol. The van der Waals surface area contributed by atoms with Gasteiger partial charge in [-0.15, -0.1) is 11.3 Å². The van der Waals surface area contributed by atoms with E-state index in [-0.39, 0.29) is 5.91 Å². The third-order valence-electron chi connectivity index (χ3n) is 3.30. The van der Waals surface area contributed by atoms with Crippen LogP contribution in [0.1, 0.15) is 16.3 Å². The molecule has 3 rings (SSSR count). The molecule has 6 nitrogen and oxygen atoms in total. The topological polar surface area (TPSA) is 69.0 Å². The van der Waals surface area contributed by atoms with Gasteiger partial charge in [0.2, 0.25) is 5.91 Å². The van der Waals surface area contributed by atoms with Crippen molar-refractivity contribution in [2.24, 2.45) is 7.05 Å². The number of benzene rings is 1. The molecule has 0 bridgehead atoms. The molecule has 0 aliphatic heterocycles. The third-order valence-corrected chi connectivity index (χ3v) is 4.13. The van der Waals surface area contributed by atoms with Crippen LogP contribution in [0.15, 0.2) is 48.0 Å². The molecule has 2 heterocycles. The zero-order chi connectivity index (χ0) is 17.6. The molecule has 0 fully saturated rings. The van der Waals surface area contributed by atoms with Crippen LogP contribution in [0.4, 0.5) is 5.82 Å². The predicted octanol–water partition coefficient (Wildman–Crippen LogP) is 3.42. The first-order valence-corrected chi connectivity index (χ1v) is 8.59. The summed E-state index contributed by atoms with van der Waals surface area (Å²) in [5.41, 5.74) is 1.79. The normalized spacial score (nSPS) is 11.0. The summed E-state index contributed by atoms with van der Waals surface area (Å²) in [6.45, 7) is 2.40. The van der Waals surface area contributed by atoms with Gasteiger partial charge in [0.15, 0.2) is 5.82 Å². The van der Waals surface area contributed by atoms with Crippen molar-refractivity contribution >= 4 is 29.1 Å². The van der Waals surface area contributed by atoms with E-state index in [0.717, 1.165) is 22.0 Å². The van der Waals surface area contributed by atoms with Gasteiger partial charge in [-0.2, -0.15) is 5.10 Å².